The summed E-state index contributed by atoms with van der Waals surface area (Å²) in [7, 11) is 0. The fourth-order valence-electron chi connectivity index (χ4n) is 1.96. The Kier molecular flexibility index (Phi) is 8.57. The van der Waals surface area contributed by atoms with E-state index < -0.39 is 11.3 Å². The highest BCUT2D eigenvalue weighted by Crippen LogP contribution is 2.26. The number of carbonyl (C=O) groups is 2. The Hall–Kier alpha value is -1.57. The van der Waals surface area contributed by atoms with Gasteiger partial charge in [0, 0.05) is 16.9 Å². The number of aliphatic hydroxyl groups excluding tert-OH is 1. The van der Waals surface area contributed by atoms with E-state index in [1.54, 1.807) is 29.7 Å². The zero-order valence-electron chi connectivity index (χ0n) is 12.3. The number of amides is 2. The van der Waals surface area contributed by atoms with Crippen molar-refractivity contribution in [3.05, 3.63) is 29.8 Å². The molecule has 0 aromatic heterocycles. The highest BCUT2D eigenvalue weighted by molar-refractivity contribution is 7.99. The van der Waals surface area contributed by atoms with Crippen LogP contribution in [0.3, 0.4) is 0 Å². The lowest BCUT2D eigenvalue weighted by Gasteiger charge is -2.10. The van der Waals surface area contributed by atoms with E-state index in [2.05, 4.69) is 0 Å². The second-order valence-electron chi connectivity index (χ2n) is 4.96. The van der Waals surface area contributed by atoms with Crippen LogP contribution < -0.4 is 11.2 Å². The van der Waals surface area contributed by atoms with Gasteiger partial charge in [0.25, 0.3) is 5.91 Å². The lowest BCUT2D eigenvalue weighted by atomic mass is 10.1. The lowest BCUT2D eigenvalue weighted by Crippen LogP contribution is -2.18. The van der Waals surface area contributed by atoms with Crippen LogP contribution in [0.25, 0.3) is 0 Å². The molecule has 2 amide bonds. The first-order valence-corrected chi connectivity index (χ1v) is 8.08. The molecule has 0 spiro atoms. The maximum Gasteiger partial charge on any atom is 0.274 e. The molecule has 0 fully saturated rings. The van der Waals surface area contributed by atoms with Gasteiger partial charge in [0.15, 0.2) is 0 Å². The average molecular weight is 326 g/mol. The van der Waals surface area contributed by atoms with E-state index >= 15 is 0 Å². The Labute approximate surface area is 134 Å². The van der Waals surface area contributed by atoms with Crippen molar-refractivity contribution in [3.8, 4) is 0 Å². The average Bonchev–Trinajstić information content (AvgIpc) is 2.50. The molecular formula is C15H22N2O4S. The molecule has 7 heteroatoms. The molecular weight excluding hydrogens is 304 g/mol. The van der Waals surface area contributed by atoms with Crippen LogP contribution in [0.2, 0.25) is 0 Å². The van der Waals surface area contributed by atoms with E-state index in [-0.39, 0.29) is 5.91 Å². The second-order valence-corrected chi connectivity index (χ2v) is 6.21. The van der Waals surface area contributed by atoms with Gasteiger partial charge in [-0.15, -0.1) is 0 Å². The number of carbonyl (C=O) groups excluding carboxylic acids is 2. The van der Waals surface area contributed by atoms with Gasteiger partial charge >= 0.3 is 0 Å². The van der Waals surface area contributed by atoms with Crippen molar-refractivity contribution in [2.75, 3.05) is 0 Å². The van der Waals surface area contributed by atoms with E-state index in [1.807, 2.05) is 0 Å². The van der Waals surface area contributed by atoms with Gasteiger partial charge in [-0.2, -0.15) is 0 Å². The van der Waals surface area contributed by atoms with Gasteiger partial charge < -0.3 is 10.8 Å². The Morgan fingerprint density at radius 2 is 1.95 bits per heavy atom. The molecule has 1 unspecified atom stereocenters. The third kappa shape index (κ3) is 7.44. The number of aliphatic hydroxyl groups is 1. The number of thioether (sulfide) groups is 1. The van der Waals surface area contributed by atoms with Crippen LogP contribution >= 0.6 is 11.8 Å². The topological polar surface area (TPSA) is 113 Å². The van der Waals surface area contributed by atoms with Gasteiger partial charge in [0.1, 0.15) is 5.44 Å². The molecule has 5 N–H and O–H groups in total. The maximum absolute atomic E-state index is 11.3. The van der Waals surface area contributed by atoms with Crippen molar-refractivity contribution < 1.29 is 19.9 Å². The summed E-state index contributed by atoms with van der Waals surface area (Å²) in [6, 6.07) is 6.70. The minimum atomic E-state index is -0.577. The first-order chi connectivity index (χ1) is 10.5. The summed E-state index contributed by atoms with van der Waals surface area (Å²) >= 11 is 1.27. The summed E-state index contributed by atoms with van der Waals surface area (Å²) in [6.07, 6.45) is 4.57. The molecule has 22 heavy (non-hydrogen) atoms. The van der Waals surface area contributed by atoms with Gasteiger partial charge in [-0.05, 0) is 37.5 Å². The Morgan fingerprint density at radius 1 is 1.23 bits per heavy atom. The quantitative estimate of drug-likeness (QED) is 0.173. The van der Waals surface area contributed by atoms with E-state index in [9.17, 15) is 14.7 Å². The third-order valence-electron chi connectivity index (χ3n) is 3.09. The van der Waals surface area contributed by atoms with Crippen molar-refractivity contribution >= 4 is 23.6 Å². The Morgan fingerprint density at radius 3 is 2.64 bits per heavy atom. The zero-order valence-corrected chi connectivity index (χ0v) is 13.1. The molecule has 6 nitrogen and oxygen atoms in total. The molecule has 0 aliphatic heterocycles. The standard InChI is InChI=1S/C15H22N2O4S/c16-13(18)8-3-1-2-4-9-14(19)22-12-7-5-6-11(10-12)15(20)17-21/h5-7,10,14,19,21H,1-4,8-9H2,(H2,16,18)(H,17,20). The molecule has 0 radical (unpaired) electrons. The molecule has 122 valence electrons. The number of rotatable bonds is 10. The van der Waals surface area contributed by atoms with Crippen LogP contribution in [0.1, 0.15) is 48.9 Å². The van der Waals surface area contributed by atoms with E-state index in [0.29, 0.717) is 18.4 Å². The van der Waals surface area contributed by atoms with Gasteiger partial charge in [-0.25, -0.2) is 5.48 Å². The maximum atomic E-state index is 11.3. The van der Waals surface area contributed by atoms with E-state index in [0.717, 1.165) is 30.6 Å². The number of nitrogens with one attached hydrogen (secondary N) is 1. The van der Waals surface area contributed by atoms with Gasteiger partial charge in [0.2, 0.25) is 5.91 Å². The molecule has 0 aliphatic rings. The molecule has 1 atom stereocenters. The minimum absolute atomic E-state index is 0.276. The lowest BCUT2D eigenvalue weighted by molar-refractivity contribution is -0.118. The summed E-state index contributed by atoms with van der Waals surface area (Å²) in [5.41, 5.74) is 6.43. The molecule has 1 aromatic carbocycles. The summed E-state index contributed by atoms with van der Waals surface area (Å²) in [5.74, 6) is -0.853. The van der Waals surface area contributed by atoms with Crippen molar-refractivity contribution in [3.63, 3.8) is 0 Å². The molecule has 0 aliphatic carbocycles. The SMILES string of the molecule is NC(=O)CCCCCCC(O)Sc1cccc(C(=O)NO)c1. The summed E-state index contributed by atoms with van der Waals surface area (Å²) in [4.78, 5) is 22.6. The van der Waals surface area contributed by atoms with Crippen LogP contribution in [0.15, 0.2) is 29.2 Å². The minimum Gasteiger partial charge on any atom is -0.382 e. The van der Waals surface area contributed by atoms with Crippen LogP contribution in [0, 0.1) is 0 Å². The van der Waals surface area contributed by atoms with Crippen molar-refractivity contribution in [2.45, 2.75) is 48.9 Å². The number of nitrogens with two attached hydrogens (primary N) is 1. The fourth-order valence-corrected chi connectivity index (χ4v) is 2.91. The molecule has 1 aromatic rings. The number of benzene rings is 1. The Balaban J connectivity index is 2.28. The number of unbranched alkanes of at least 4 members (excludes halogenated alkanes) is 3. The molecule has 0 saturated carbocycles. The summed E-state index contributed by atoms with van der Waals surface area (Å²) in [6.45, 7) is 0. The number of primary amides is 1. The largest absolute Gasteiger partial charge is 0.382 e. The van der Waals surface area contributed by atoms with Crippen LogP contribution in [0.5, 0.6) is 0 Å². The predicted octanol–water partition coefficient (Wildman–Crippen LogP) is 2.04. The molecule has 0 bridgehead atoms. The highest BCUT2D eigenvalue weighted by atomic mass is 32.2. The van der Waals surface area contributed by atoms with Crippen molar-refractivity contribution in [2.24, 2.45) is 5.73 Å². The first kappa shape index (κ1) is 18.5. The van der Waals surface area contributed by atoms with E-state index in [4.69, 9.17) is 10.9 Å². The van der Waals surface area contributed by atoms with E-state index in [1.165, 1.54) is 11.8 Å². The first-order valence-electron chi connectivity index (χ1n) is 7.20. The van der Waals surface area contributed by atoms with Gasteiger partial charge in [0.05, 0.1) is 0 Å². The normalized spacial score (nSPS) is 11.9. The Bertz CT molecular complexity index is 496. The fraction of sp³-hybridized carbons (Fsp3) is 0.467. The zero-order chi connectivity index (χ0) is 16.4. The predicted molar refractivity (Wildman–Crippen MR) is 84.5 cm³/mol. The third-order valence-corrected chi connectivity index (χ3v) is 4.13. The van der Waals surface area contributed by atoms with Gasteiger partial charge in [-0.3, -0.25) is 14.8 Å². The number of hydrogen-bond acceptors (Lipinski definition) is 5. The van der Waals surface area contributed by atoms with Crippen molar-refractivity contribution in [1.82, 2.24) is 5.48 Å². The second kappa shape index (κ2) is 10.2. The van der Waals surface area contributed by atoms with Crippen LogP contribution in [0.4, 0.5) is 0 Å². The summed E-state index contributed by atoms with van der Waals surface area (Å²) < 4.78 is 0. The monoisotopic (exact) mass is 326 g/mol. The van der Waals surface area contributed by atoms with Crippen molar-refractivity contribution in [1.29, 1.82) is 0 Å². The number of hydrogen-bond donors (Lipinski definition) is 4. The van der Waals surface area contributed by atoms with Gasteiger partial charge in [-0.1, -0.05) is 30.7 Å². The number of hydroxylamine groups is 1. The molecule has 0 saturated heterocycles. The molecule has 1 rings (SSSR count). The van der Waals surface area contributed by atoms with Crippen LogP contribution in [-0.2, 0) is 4.79 Å². The smallest absolute Gasteiger partial charge is 0.274 e. The van der Waals surface area contributed by atoms with Crippen LogP contribution in [-0.4, -0.2) is 27.6 Å². The molecule has 0 heterocycles. The highest BCUT2D eigenvalue weighted by Gasteiger charge is 2.09. The summed E-state index contributed by atoms with van der Waals surface area (Å²) in [5, 5.41) is 18.6.